The van der Waals surface area contributed by atoms with Gasteiger partial charge in [0.15, 0.2) is 0 Å². The van der Waals surface area contributed by atoms with Crippen molar-refractivity contribution in [2.75, 3.05) is 12.4 Å². The highest BCUT2D eigenvalue weighted by molar-refractivity contribution is 5.78. The molecule has 1 N–H and O–H groups in total. The summed E-state index contributed by atoms with van der Waals surface area (Å²) in [6, 6.07) is 18.4. The van der Waals surface area contributed by atoms with Crippen LogP contribution in [0.2, 0.25) is 0 Å². The molecule has 2 aromatic carbocycles. The van der Waals surface area contributed by atoms with Gasteiger partial charge in [0.25, 0.3) is 0 Å². The lowest BCUT2D eigenvalue weighted by Crippen LogP contribution is -2.03. The molecule has 0 aliphatic heterocycles. The molecule has 3 nitrogen and oxygen atoms in total. The normalized spacial score (nSPS) is 10.6. The number of anilines is 1. The van der Waals surface area contributed by atoms with Gasteiger partial charge in [0.1, 0.15) is 5.75 Å². The molecule has 21 heavy (non-hydrogen) atoms. The predicted octanol–water partition coefficient (Wildman–Crippen LogP) is 4.16. The van der Waals surface area contributed by atoms with Crippen LogP contribution in [-0.2, 0) is 6.54 Å². The first-order valence-corrected chi connectivity index (χ1v) is 6.99. The lowest BCUT2D eigenvalue weighted by Gasteiger charge is -2.12. The van der Waals surface area contributed by atoms with Crippen molar-refractivity contribution in [2.45, 2.75) is 13.5 Å². The predicted molar refractivity (Wildman–Crippen MR) is 86.8 cm³/mol. The Hall–Kier alpha value is -2.55. The number of ether oxygens (including phenoxy) is 1. The maximum absolute atomic E-state index is 5.40. The number of rotatable bonds is 4. The number of pyridine rings is 1. The number of aromatic nitrogens is 1. The van der Waals surface area contributed by atoms with E-state index in [0.29, 0.717) is 6.54 Å². The first-order chi connectivity index (χ1) is 10.3. The zero-order valence-electron chi connectivity index (χ0n) is 12.3. The van der Waals surface area contributed by atoms with Crippen LogP contribution in [0.3, 0.4) is 0 Å². The molecule has 0 radical (unpaired) electrons. The van der Waals surface area contributed by atoms with Gasteiger partial charge in [0, 0.05) is 5.39 Å². The minimum atomic E-state index is 0.671. The molecule has 1 aromatic heterocycles. The zero-order chi connectivity index (χ0) is 14.7. The van der Waals surface area contributed by atoms with E-state index in [4.69, 9.17) is 4.74 Å². The molecule has 3 rings (SSSR count). The van der Waals surface area contributed by atoms with Crippen LogP contribution in [0, 0.1) is 6.92 Å². The number of hydrogen-bond donors (Lipinski definition) is 1. The quantitative estimate of drug-likeness (QED) is 0.778. The van der Waals surface area contributed by atoms with E-state index >= 15 is 0 Å². The van der Waals surface area contributed by atoms with Gasteiger partial charge in [-0.3, -0.25) is 4.98 Å². The molecule has 1 heterocycles. The van der Waals surface area contributed by atoms with Gasteiger partial charge in [-0.2, -0.15) is 0 Å². The number of methoxy groups -OCH3 is 1. The molecule has 0 fully saturated rings. The van der Waals surface area contributed by atoms with Gasteiger partial charge < -0.3 is 10.1 Å². The Morgan fingerprint density at radius 2 is 1.90 bits per heavy atom. The van der Waals surface area contributed by atoms with Gasteiger partial charge in [-0.25, -0.2) is 0 Å². The molecule has 0 spiro atoms. The Kier molecular flexibility index (Phi) is 3.73. The lowest BCUT2D eigenvalue weighted by molar-refractivity contribution is 0.416. The van der Waals surface area contributed by atoms with E-state index in [1.807, 2.05) is 30.3 Å². The van der Waals surface area contributed by atoms with Crippen LogP contribution in [0.1, 0.15) is 11.3 Å². The monoisotopic (exact) mass is 278 g/mol. The second kappa shape index (κ2) is 5.83. The first kappa shape index (κ1) is 13.4. The van der Waals surface area contributed by atoms with Crippen molar-refractivity contribution in [2.24, 2.45) is 0 Å². The Balaban J connectivity index is 1.80. The van der Waals surface area contributed by atoms with Gasteiger partial charge in [-0.05, 0) is 36.8 Å². The zero-order valence-corrected chi connectivity index (χ0v) is 12.3. The average Bonchev–Trinajstić information content (AvgIpc) is 2.53. The van der Waals surface area contributed by atoms with Gasteiger partial charge in [-0.15, -0.1) is 0 Å². The Labute approximate surface area is 124 Å². The summed E-state index contributed by atoms with van der Waals surface area (Å²) in [7, 11) is 1.69. The second-order valence-electron chi connectivity index (χ2n) is 5.05. The number of hydrogen-bond acceptors (Lipinski definition) is 3. The van der Waals surface area contributed by atoms with E-state index < -0.39 is 0 Å². The molecule has 0 aliphatic carbocycles. The Bertz CT molecular complexity index is 768. The fourth-order valence-corrected chi connectivity index (χ4v) is 2.34. The smallest absolute Gasteiger partial charge is 0.142 e. The molecular weight excluding hydrogens is 260 g/mol. The van der Waals surface area contributed by atoms with Crippen molar-refractivity contribution in [1.29, 1.82) is 0 Å². The third kappa shape index (κ3) is 2.97. The van der Waals surface area contributed by atoms with Crippen molar-refractivity contribution >= 4 is 16.6 Å². The summed E-state index contributed by atoms with van der Waals surface area (Å²) in [5.74, 6) is 0.857. The number of nitrogens with zero attached hydrogens (tertiary/aromatic N) is 1. The Morgan fingerprint density at radius 3 is 2.76 bits per heavy atom. The largest absolute Gasteiger partial charge is 0.495 e. The maximum Gasteiger partial charge on any atom is 0.142 e. The molecule has 0 bridgehead atoms. The highest BCUT2D eigenvalue weighted by Crippen LogP contribution is 2.25. The molecular formula is C18H18N2O. The topological polar surface area (TPSA) is 34.1 Å². The fraction of sp³-hybridized carbons (Fsp3) is 0.167. The van der Waals surface area contributed by atoms with Crippen LogP contribution >= 0.6 is 0 Å². The summed E-state index contributed by atoms with van der Waals surface area (Å²) in [6.07, 6.45) is 0. The summed E-state index contributed by atoms with van der Waals surface area (Å²) in [6.45, 7) is 2.72. The summed E-state index contributed by atoms with van der Waals surface area (Å²) < 4.78 is 5.40. The molecule has 0 aliphatic rings. The number of aryl methyl sites for hydroxylation is 1. The second-order valence-corrected chi connectivity index (χ2v) is 5.05. The van der Waals surface area contributed by atoms with Gasteiger partial charge in [0.05, 0.1) is 30.6 Å². The van der Waals surface area contributed by atoms with Crippen LogP contribution in [0.5, 0.6) is 5.75 Å². The van der Waals surface area contributed by atoms with Crippen LogP contribution in [0.4, 0.5) is 5.69 Å². The molecule has 3 aromatic rings. The van der Waals surface area contributed by atoms with Crippen LogP contribution in [0.15, 0.2) is 54.6 Å². The van der Waals surface area contributed by atoms with Crippen LogP contribution in [0.25, 0.3) is 10.9 Å². The van der Waals surface area contributed by atoms with Gasteiger partial charge in [0.2, 0.25) is 0 Å². The summed E-state index contributed by atoms with van der Waals surface area (Å²) >= 11 is 0. The van der Waals surface area contributed by atoms with Crippen molar-refractivity contribution in [3.63, 3.8) is 0 Å². The molecule has 106 valence electrons. The van der Waals surface area contributed by atoms with E-state index in [-0.39, 0.29) is 0 Å². The molecule has 0 atom stereocenters. The number of nitrogens with one attached hydrogen (secondary N) is 1. The minimum Gasteiger partial charge on any atom is -0.495 e. The molecule has 0 saturated carbocycles. The number of para-hydroxylation sites is 1. The average molecular weight is 278 g/mol. The van der Waals surface area contributed by atoms with Crippen molar-refractivity contribution < 1.29 is 4.74 Å². The molecule has 0 amide bonds. The highest BCUT2D eigenvalue weighted by atomic mass is 16.5. The van der Waals surface area contributed by atoms with E-state index in [1.165, 1.54) is 5.56 Å². The SMILES string of the molecule is COc1cc(C)ccc1NCc1ccc2ccccc2n1. The van der Waals surface area contributed by atoms with Crippen LogP contribution in [-0.4, -0.2) is 12.1 Å². The number of fused-ring (bicyclic) bond motifs is 1. The molecule has 0 unspecified atom stereocenters. The van der Waals surface area contributed by atoms with Crippen molar-refractivity contribution in [3.05, 3.63) is 65.9 Å². The van der Waals surface area contributed by atoms with E-state index in [1.54, 1.807) is 7.11 Å². The van der Waals surface area contributed by atoms with Gasteiger partial charge in [-0.1, -0.05) is 30.3 Å². The molecule has 0 saturated heterocycles. The van der Waals surface area contributed by atoms with E-state index in [2.05, 4.69) is 41.5 Å². The van der Waals surface area contributed by atoms with Crippen molar-refractivity contribution in [3.8, 4) is 5.75 Å². The standard InChI is InChI=1S/C18H18N2O/c1-13-7-10-17(18(11-13)21-2)19-12-15-9-8-14-5-3-4-6-16(14)20-15/h3-11,19H,12H2,1-2H3. The summed E-state index contributed by atoms with van der Waals surface area (Å²) in [5.41, 5.74) is 4.20. The minimum absolute atomic E-state index is 0.671. The van der Waals surface area contributed by atoms with Crippen molar-refractivity contribution in [1.82, 2.24) is 4.98 Å². The Morgan fingerprint density at radius 1 is 1.05 bits per heavy atom. The van der Waals surface area contributed by atoms with Crippen LogP contribution < -0.4 is 10.1 Å². The van der Waals surface area contributed by atoms with E-state index in [0.717, 1.165) is 28.0 Å². The third-order valence-electron chi connectivity index (χ3n) is 3.47. The van der Waals surface area contributed by atoms with E-state index in [9.17, 15) is 0 Å². The maximum atomic E-state index is 5.40. The first-order valence-electron chi connectivity index (χ1n) is 6.99. The fourth-order valence-electron chi connectivity index (χ4n) is 2.34. The highest BCUT2D eigenvalue weighted by Gasteiger charge is 2.04. The third-order valence-corrected chi connectivity index (χ3v) is 3.47. The lowest BCUT2D eigenvalue weighted by atomic mass is 10.2. The summed E-state index contributed by atoms with van der Waals surface area (Å²) in [4.78, 5) is 4.66. The van der Waals surface area contributed by atoms with Gasteiger partial charge >= 0.3 is 0 Å². The summed E-state index contributed by atoms with van der Waals surface area (Å²) in [5, 5.41) is 4.55. The molecule has 3 heteroatoms. The number of benzene rings is 2.